The molecule has 2 fully saturated rings. The fourth-order valence-corrected chi connectivity index (χ4v) is 3.19. The number of hydrogen-bond acceptors (Lipinski definition) is 2. The second-order valence-corrected chi connectivity index (χ2v) is 6.45. The van der Waals surface area contributed by atoms with E-state index in [-0.39, 0.29) is 0 Å². The Kier molecular flexibility index (Phi) is 5.04. The topological polar surface area (TPSA) is 23.6 Å². The minimum atomic E-state index is 0.367. The van der Waals surface area contributed by atoms with Gasteiger partial charge in [0.2, 0.25) is 5.91 Å². The second kappa shape index (κ2) is 6.55. The van der Waals surface area contributed by atoms with Crippen molar-refractivity contribution >= 4 is 5.91 Å². The Bertz CT molecular complexity index is 272. The summed E-state index contributed by atoms with van der Waals surface area (Å²) in [6.07, 6.45) is 6.06. The first-order chi connectivity index (χ1) is 8.65. The van der Waals surface area contributed by atoms with Crippen LogP contribution in [0.3, 0.4) is 0 Å². The van der Waals surface area contributed by atoms with Gasteiger partial charge in [-0.05, 0) is 44.2 Å². The van der Waals surface area contributed by atoms with Crippen molar-refractivity contribution in [2.24, 2.45) is 11.8 Å². The van der Waals surface area contributed by atoms with Gasteiger partial charge >= 0.3 is 0 Å². The molecule has 0 aliphatic carbocycles. The van der Waals surface area contributed by atoms with Gasteiger partial charge in [0.15, 0.2) is 0 Å². The zero-order chi connectivity index (χ0) is 13.0. The third-order valence-electron chi connectivity index (χ3n) is 4.19. The van der Waals surface area contributed by atoms with E-state index in [1.54, 1.807) is 0 Å². The third-order valence-corrected chi connectivity index (χ3v) is 4.19. The van der Waals surface area contributed by atoms with Crippen LogP contribution in [0.2, 0.25) is 0 Å². The number of nitrogens with zero attached hydrogens (tertiary/aromatic N) is 2. The highest BCUT2D eigenvalue weighted by molar-refractivity contribution is 5.76. The molecule has 104 valence electrons. The summed E-state index contributed by atoms with van der Waals surface area (Å²) >= 11 is 0. The van der Waals surface area contributed by atoms with Crippen LogP contribution in [0, 0.1) is 11.8 Å². The summed E-state index contributed by atoms with van der Waals surface area (Å²) in [6, 6.07) is 0. The van der Waals surface area contributed by atoms with Crippen molar-refractivity contribution in [3.63, 3.8) is 0 Å². The fraction of sp³-hybridized carbons (Fsp3) is 0.933. The predicted octanol–water partition coefficient (Wildman–Crippen LogP) is 2.37. The predicted molar refractivity (Wildman–Crippen MR) is 74.4 cm³/mol. The van der Waals surface area contributed by atoms with Crippen LogP contribution >= 0.6 is 0 Å². The van der Waals surface area contributed by atoms with Crippen molar-refractivity contribution in [2.75, 3.05) is 32.7 Å². The van der Waals surface area contributed by atoms with E-state index in [1.165, 1.54) is 45.3 Å². The second-order valence-electron chi connectivity index (χ2n) is 6.45. The lowest BCUT2D eigenvalue weighted by Gasteiger charge is -2.29. The molecule has 0 aromatic heterocycles. The molecule has 0 aromatic carbocycles. The molecular weight excluding hydrogens is 224 g/mol. The van der Waals surface area contributed by atoms with Crippen molar-refractivity contribution in [1.82, 2.24) is 9.80 Å². The Hall–Kier alpha value is -0.570. The number of amides is 1. The minimum absolute atomic E-state index is 0.367. The molecule has 0 saturated carbocycles. The average Bonchev–Trinajstić information content (AvgIpc) is 2.78. The van der Waals surface area contributed by atoms with E-state index in [1.807, 2.05) is 0 Å². The number of hydrogen-bond donors (Lipinski definition) is 0. The molecule has 0 spiro atoms. The first-order valence-electron chi connectivity index (χ1n) is 7.65. The highest BCUT2D eigenvalue weighted by atomic mass is 16.2. The zero-order valence-corrected chi connectivity index (χ0v) is 12.0. The first-order valence-corrected chi connectivity index (χ1v) is 7.65. The smallest absolute Gasteiger partial charge is 0.222 e. The van der Waals surface area contributed by atoms with E-state index in [4.69, 9.17) is 0 Å². The van der Waals surface area contributed by atoms with Gasteiger partial charge in [0.25, 0.3) is 0 Å². The largest absolute Gasteiger partial charge is 0.342 e. The van der Waals surface area contributed by atoms with Crippen LogP contribution in [-0.2, 0) is 4.79 Å². The van der Waals surface area contributed by atoms with Gasteiger partial charge in [-0.1, -0.05) is 20.3 Å². The molecule has 0 bridgehead atoms. The maximum atomic E-state index is 12.0. The maximum Gasteiger partial charge on any atom is 0.222 e. The van der Waals surface area contributed by atoms with E-state index in [0.717, 1.165) is 25.4 Å². The molecule has 3 nitrogen and oxygen atoms in total. The highest BCUT2D eigenvalue weighted by Gasteiger charge is 2.27. The number of rotatable bonds is 4. The summed E-state index contributed by atoms with van der Waals surface area (Å²) in [5, 5.41) is 0. The van der Waals surface area contributed by atoms with Crippen LogP contribution in [0.1, 0.15) is 46.0 Å². The lowest BCUT2D eigenvalue weighted by Crippen LogP contribution is -2.36. The van der Waals surface area contributed by atoms with Gasteiger partial charge in [-0.2, -0.15) is 0 Å². The summed E-state index contributed by atoms with van der Waals surface area (Å²) < 4.78 is 0. The quantitative estimate of drug-likeness (QED) is 0.767. The van der Waals surface area contributed by atoms with Crippen LogP contribution in [-0.4, -0.2) is 48.4 Å². The van der Waals surface area contributed by atoms with Crippen LogP contribution in [0.25, 0.3) is 0 Å². The van der Waals surface area contributed by atoms with Crippen molar-refractivity contribution < 1.29 is 4.79 Å². The molecule has 1 unspecified atom stereocenters. The van der Waals surface area contributed by atoms with Gasteiger partial charge in [0, 0.05) is 26.1 Å². The monoisotopic (exact) mass is 252 g/mol. The summed E-state index contributed by atoms with van der Waals surface area (Å²) in [5.74, 6) is 1.57. The average molecular weight is 252 g/mol. The molecule has 1 atom stereocenters. The van der Waals surface area contributed by atoms with E-state index in [9.17, 15) is 4.79 Å². The molecule has 2 aliphatic rings. The van der Waals surface area contributed by atoms with Crippen LogP contribution < -0.4 is 0 Å². The molecule has 0 radical (unpaired) electrons. The van der Waals surface area contributed by atoms with Gasteiger partial charge in [0.1, 0.15) is 0 Å². The van der Waals surface area contributed by atoms with Gasteiger partial charge in [-0.25, -0.2) is 0 Å². The van der Waals surface area contributed by atoms with Crippen molar-refractivity contribution in [1.29, 1.82) is 0 Å². The molecule has 0 N–H and O–H groups in total. The van der Waals surface area contributed by atoms with E-state index in [2.05, 4.69) is 23.6 Å². The number of piperidine rings is 1. The zero-order valence-electron chi connectivity index (χ0n) is 12.0. The molecule has 18 heavy (non-hydrogen) atoms. The Morgan fingerprint density at radius 2 is 1.89 bits per heavy atom. The minimum Gasteiger partial charge on any atom is -0.342 e. The summed E-state index contributed by atoms with van der Waals surface area (Å²) in [7, 11) is 0. The molecular formula is C15H28N2O. The summed E-state index contributed by atoms with van der Waals surface area (Å²) in [4.78, 5) is 16.7. The molecule has 3 heteroatoms. The Balaban J connectivity index is 1.72. The van der Waals surface area contributed by atoms with Gasteiger partial charge in [-0.3, -0.25) is 4.79 Å². The van der Waals surface area contributed by atoms with E-state index >= 15 is 0 Å². The highest BCUT2D eigenvalue weighted by Crippen LogP contribution is 2.21. The van der Waals surface area contributed by atoms with E-state index < -0.39 is 0 Å². The van der Waals surface area contributed by atoms with Gasteiger partial charge < -0.3 is 9.80 Å². The maximum absolute atomic E-state index is 12.0. The van der Waals surface area contributed by atoms with Gasteiger partial charge in [0.05, 0.1) is 0 Å². The number of likely N-dealkylation sites (tertiary alicyclic amines) is 2. The van der Waals surface area contributed by atoms with Crippen molar-refractivity contribution in [2.45, 2.75) is 46.0 Å². The van der Waals surface area contributed by atoms with Gasteiger partial charge in [-0.15, -0.1) is 0 Å². The van der Waals surface area contributed by atoms with Crippen molar-refractivity contribution in [3.05, 3.63) is 0 Å². The Morgan fingerprint density at radius 1 is 1.17 bits per heavy atom. The number of carbonyl (C=O) groups excluding carboxylic acids is 1. The van der Waals surface area contributed by atoms with Crippen LogP contribution in [0.15, 0.2) is 0 Å². The number of carbonyl (C=O) groups is 1. The lowest BCUT2D eigenvalue weighted by atomic mass is 10.1. The molecule has 0 aromatic rings. The molecule has 2 heterocycles. The standard InChI is InChI=1S/C15H28N2O/c1-13(2)10-15(18)17-9-6-14(12-17)11-16-7-4-3-5-8-16/h13-14H,3-12H2,1-2H3. The van der Waals surface area contributed by atoms with E-state index in [0.29, 0.717) is 11.8 Å². The van der Waals surface area contributed by atoms with Crippen LogP contribution in [0.5, 0.6) is 0 Å². The molecule has 2 aliphatic heterocycles. The summed E-state index contributed by atoms with van der Waals surface area (Å²) in [5.41, 5.74) is 0. The normalized spacial score (nSPS) is 25.9. The summed E-state index contributed by atoms with van der Waals surface area (Å²) in [6.45, 7) is 10.0. The molecule has 1 amide bonds. The fourth-order valence-electron chi connectivity index (χ4n) is 3.19. The molecule has 2 rings (SSSR count). The SMILES string of the molecule is CC(C)CC(=O)N1CCC(CN2CCCCC2)C1. The molecule has 2 saturated heterocycles. The lowest BCUT2D eigenvalue weighted by molar-refractivity contribution is -0.131. The first kappa shape index (κ1) is 13.9. The van der Waals surface area contributed by atoms with Crippen LogP contribution in [0.4, 0.5) is 0 Å². The van der Waals surface area contributed by atoms with Crippen molar-refractivity contribution in [3.8, 4) is 0 Å². The Labute approximate surface area is 112 Å². The third kappa shape index (κ3) is 3.98. The Morgan fingerprint density at radius 3 is 2.56 bits per heavy atom.